The summed E-state index contributed by atoms with van der Waals surface area (Å²) in [6.45, 7) is 0. The van der Waals surface area contributed by atoms with Crippen LogP contribution < -0.4 is 4.90 Å². The quantitative estimate of drug-likeness (QED) is 0.797. The van der Waals surface area contributed by atoms with Crippen LogP contribution in [0, 0.1) is 17.1 Å². The molecule has 3 rings (SSSR count). The first-order valence-electron chi connectivity index (χ1n) is 6.80. The molecule has 0 aliphatic carbocycles. The Morgan fingerprint density at radius 1 is 1.39 bits per heavy atom. The van der Waals surface area contributed by atoms with E-state index in [9.17, 15) is 17.6 Å². The summed E-state index contributed by atoms with van der Waals surface area (Å²) in [7, 11) is -3.15. The number of amides is 1. The van der Waals surface area contributed by atoms with Crippen LogP contribution in [0.15, 0.2) is 29.3 Å². The number of hydrogen-bond donors (Lipinski definition) is 0. The molecule has 0 spiro atoms. The average Bonchev–Trinajstić information content (AvgIpc) is 2.91. The zero-order chi connectivity index (χ0) is 16.6. The number of nitrogens with zero attached hydrogens (tertiary/aromatic N) is 3. The molecule has 0 saturated carbocycles. The van der Waals surface area contributed by atoms with E-state index in [1.807, 2.05) is 0 Å². The van der Waals surface area contributed by atoms with Crippen LogP contribution in [0.25, 0.3) is 0 Å². The molecule has 1 aromatic carbocycles. The molecule has 9 heteroatoms. The molecule has 6 nitrogen and oxygen atoms in total. The lowest BCUT2D eigenvalue weighted by molar-refractivity contribution is -0.116. The number of hydrogen-bond acceptors (Lipinski definition) is 5. The summed E-state index contributed by atoms with van der Waals surface area (Å²) in [5, 5.41) is 8.71. The fraction of sp³-hybridized carbons (Fsp3) is 0.357. The molecular weight excluding hydrogens is 341 g/mol. The first kappa shape index (κ1) is 16.0. The van der Waals surface area contributed by atoms with Crippen LogP contribution >= 0.6 is 11.8 Å². The molecule has 0 bridgehead atoms. The van der Waals surface area contributed by atoms with Crippen LogP contribution in [-0.4, -0.2) is 42.3 Å². The van der Waals surface area contributed by atoms with Gasteiger partial charge in [-0.1, -0.05) is 11.8 Å². The summed E-state index contributed by atoms with van der Waals surface area (Å²) < 4.78 is 36.8. The van der Waals surface area contributed by atoms with Gasteiger partial charge in [0, 0.05) is 10.9 Å². The predicted molar refractivity (Wildman–Crippen MR) is 85.4 cm³/mol. The van der Waals surface area contributed by atoms with Gasteiger partial charge < -0.3 is 4.90 Å². The molecule has 2 atom stereocenters. The molecule has 120 valence electrons. The highest BCUT2D eigenvalue weighted by atomic mass is 32.2. The third-order valence-electron chi connectivity index (χ3n) is 3.62. The van der Waals surface area contributed by atoms with Crippen LogP contribution in [0.1, 0.15) is 6.42 Å². The van der Waals surface area contributed by atoms with Gasteiger partial charge in [-0.05, 0) is 24.3 Å². The Balaban J connectivity index is 1.99. The molecule has 2 aliphatic heterocycles. The average molecular weight is 353 g/mol. The van der Waals surface area contributed by atoms with E-state index in [-0.39, 0.29) is 29.2 Å². The molecule has 0 unspecified atom stereocenters. The number of sulfone groups is 1. The van der Waals surface area contributed by atoms with Crippen molar-refractivity contribution < 1.29 is 17.6 Å². The zero-order valence-corrected chi connectivity index (χ0v) is 13.5. The highest BCUT2D eigenvalue weighted by molar-refractivity contribution is 8.16. The van der Waals surface area contributed by atoms with Crippen LogP contribution in [0.3, 0.4) is 0 Å². The van der Waals surface area contributed by atoms with Crippen molar-refractivity contribution >= 4 is 38.4 Å². The van der Waals surface area contributed by atoms with E-state index in [0.29, 0.717) is 10.9 Å². The Morgan fingerprint density at radius 2 is 2.09 bits per heavy atom. The molecule has 0 N–H and O–H groups in total. The molecule has 2 saturated heterocycles. The number of anilines is 1. The van der Waals surface area contributed by atoms with Gasteiger partial charge in [0.05, 0.1) is 23.6 Å². The molecule has 2 heterocycles. The Morgan fingerprint density at radius 3 is 2.74 bits per heavy atom. The number of thioether (sulfide) groups is 1. The number of amidine groups is 1. The number of carbonyl (C=O) groups excluding carboxylic acids is 1. The largest absolute Gasteiger partial charge is 0.316 e. The van der Waals surface area contributed by atoms with Gasteiger partial charge >= 0.3 is 0 Å². The summed E-state index contributed by atoms with van der Waals surface area (Å²) in [4.78, 5) is 17.2. The first-order valence-corrected chi connectivity index (χ1v) is 9.50. The predicted octanol–water partition coefficient (Wildman–Crippen LogP) is 1.34. The second-order valence-electron chi connectivity index (χ2n) is 5.27. The molecule has 2 fully saturated rings. The van der Waals surface area contributed by atoms with E-state index in [1.54, 1.807) is 11.0 Å². The van der Waals surface area contributed by atoms with Crippen molar-refractivity contribution in [3.8, 4) is 6.07 Å². The SMILES string of the molecule is N#CCC(=O)N=C1S[C@H]2CS(=O)(=O)C[C@@H]2N1c1ccc(F)cc1. The van der Waals surface area contributed by atoms with Gasteiger partial charge in [-0.15, -0.1) is 0 Å². The molecule has 0 radical (unpaired) electrons. The van der Waals surface area contributed by atoms with Crippen molar-refractivity contribution in [2.75, 3.05) is 16.4 Å². The number of halogens is 1. The molecular formula is C14H12FN3O3S2. The maximum Gasteiger partial charge on any atom is 0.262 e. The van der Waals surface area contributed by atoms with Gasteiger partial charge in [0.2, 0.25) is 0 Å². The smallest absolute Gasteiger partial charge is 0.262 e. The highest BCUT2D eigenvalue weighted by Gasteiger charge is 2.49. The fourth-order valence-electron chi connectivity index (χ4n) is 2.68. The van der Waals surface area contributed by atoms with E-state index in [1.165, 1.54) is 36.0 Å². The van der Waals surface area contributed by atoms with Gasteiger partial charge in [-0.2, -0.15) is 10.3 Å². The van der Waals surface area contributed by atoms with Crippen molar-refractivity contribution in [3.05, 3.63) is 30.1 Å². The lowest BCUT2D eigenvalue weighted by Crippen LogP contribution is -2.37. The topological polar surface area (TPSA) is 90.6 Å². The maximum absolute atomic E-state index is 13.1. The summed E-state index contributed by atoms with van der Waals surface area (Å²) in [5.41, 5.74) is 0.576. The lowest BCUT2D eigenvalue weighted by atomic mass is 10.2. The van der Waals surface area contributed by atoms with E-state index >= 15 is 0 Å². The second kappa shape index (κ2) is 5.94. The van der Waals surface area contributed by atoms with Crippen molar-refractivity contribution in [3.63, 3.8) is 0 Å². The Kier molecular flexibility index (Phi) is 4.12. The number of rotatable bonds is 2. The Labute approximate surface area is 136 Å². The minimum atomic E-state index is -3.15. The summed E-state index contributed by atoms with van der Waals surface area (Å²) in [6, 6.07) is 6.98. The first-order chi connectivity index (χ1) is 10.9. The highest BCUT2D eigenvalue weighted by Crippen LogP contribution is 2.40. The van der Waals surface area contributed by atoms with Crippen molar-refractivity contribution in [2.45, 2.75) is 17.7 Å². The molecule has 0 aromatic heterocycles. The van der Waals surface area contributed by atoms with Crippen LogP contribution in [0.4, 0.5) is 10.1 Å². The third kappa shape index (κ3) is 3.23. The maximum atomic E-state index is 13.1. The monoisotopic (exact) mass is 353 g/mol. The number of fused-ring (bicyclic) bond motifs is 1. The molecule has 1 aromatic rings. The zero-order valence-electron chi connectivity index (χ0n) is 11.8. The van der Waals surface area contributed by atoms with Crippen molar-refractivity contribution in [2.24, 2.45) is 4.99 Å². The summed E-state index contributed by atoms with van der Waals surface area (Å²) >= 11 is 1.22. The number of nitriles is 1. The number of benzene rings is 1. The molecule has 1 amide bonds. The minimum absolute atomic E-state index is 0.0193. The van der Waals surface area contributed by atoms with Gasteiger partial charge in [0.1, 0.15) is 12.2 Å². The summed E-state index contributed by atoms with van der Waals surface area (Å²) in [6.07, 6.45) is -0.338. The second-order valence-corrected chi connectivity index (χ2v) is 8.63. The minimum Gasteiger partial charge on any atom is -0.316 e. The lowest BCUT2D eigenvalue weighted by Gasteiger charge is -2.24. The van der Waals surface area contributed by atoms with Crippen LogP contribution in [0.5, 0.6) is 0 Å². The molecule has 23 heavy (non-hydrogen) atoms. The Hall–Kier alpha value is -1.92. The van der Waals surface area contributed by atoms with Crippen molar-refractivity contribution in [1.29, 1.82) is 5.26 Å². The van der Waals surface area contributed by atoms with Gasteiger partial charge in [-0.25, -0.2) is 12.8 Å². The Bertz CT molecular complexity index is 815. The number of aliphatic imine (C=N–C) groups is 1. The molecule has 2 aliphatic rings. The van der Waals surface area contributed by atoms with Crippen LogP contribution in [0.2, 0.25) is 0 Å². The van der Waals surface area contributed by atoms with Crippen molar-refractivity contribution in [1.82, 2.24) is 0 Å². The van der Waals surface area contributed by atoms with E-state index in [4.69, 9.17) is 5.26 Å². The van der Waals surface area contributed by atoms with E-state index < -0.39 is 21.6 Å². The fourth-order valence-corrected chi connectivity index (χ4v) is 6.61. The van der Waals surface area contributed by atoms with E-state index in [0.717, 1.165) is 0 Å². The van der Waals surface area contributed by atoms with Gasteiger partial charge in [-0.3, -0.25) is 4.79 Å². The van der Waals surface area contributed by atoms with Crippen LogP contribution in [-0.2, 0) is 14.6 Å². The summed E-state index contributed by atoms with van der Waals surface area (Å²) in [5.74, 6) is -1.00. The third-order valence-corrected chi connectivity index (χ3v) is 6.83. The van der Waals surface area contributed by atoms with Gasteiger partial charge in [0.15, 0.2) is 15.0 Å². The van der Waals surface area contributed by atoms with E-state index in [2.05, 4.69) is 4.99 Å². The van der Waals surface area contributed by atoms with Gasteiger partial charge in [0.25, 0.3) is 5.91 Å². The normalized spacial score (nSPS) is 27.0. The standard InChI is InChI=1S/C14H12FN3O3S2/c15-9-1-3-10(4-2-9)18-11-7-23(20,21)8-12(11)22-14(18)17-13(19)5-6-16/h1-4,11-12H,5,7-8H2/t11-,12-/m0/s1. The number of carbonyl (C=O) groups is 1.